The van der Waals surface area contributed by atoms with Gasteiger partial charge in [0.05, 0.1) is 5.39 Å². The van der Waals surface area contributed by atoms with Crippen LogP contribution < -0.4 is 9.47 Å². The Hall–Kier alpha value is -3.55. The summed E-state index contributed by atoms with van der Waals surface area (Å²) in [5, 5.41) is 1.16. The van der Waals surface area contributed by atoms with Crippen molar-refractivity contribution in [1.82, 2.24) is 0 Å². The minimum Gasteiger partial charge on any atom is -0.449 e. The van der Waals surface area contributed by atoms with E-state index in [1.54, 1.807) is 65.8 Å². The van der Waals surface area contributed by atoms with Crippen molar-refractivity contribution in [3.8, 4) is 11.5 Å². The molecule has 0 radical (unpaired) electrons. The minimum atomic E-state index is -0.939. The van der Waals surface area contributed by atoms with Crippen LogP contribution in [0.1, 0.15) is 59.0 Å². The first-order chi connectivity index (χ1) is 14.7. The number of benzene rings is 2. The quantitative estimate of drug-likeness (QED) is 0.260. The first-order valence-corrected chi connectivity index (χ1v) is 10.1. The van der Waals surface area contributed by atoms with Gasteiger partial charge in [0.15, 0.2) is 28.6 Å². The number of ether oxygens (including phenoxy) is 4. The first kappa shape index (κ1) is 23.1. The van der Waals surface area contributed by atoms with Gasteiger partial charge in [-0.1, -0.05) is 24.3 Å². The van der Waals surface area contributed by atoms with Crippen LogP contribution in [-0.4, -0.2) is 29.3 Å². The molecule has 3 aromatic rings. The maximum absolute atomic E-state index is 12.4. The normalized spacial score (nSPS) is 12.0. The van der Waals surface area contributed by atoms with Gasteiger partial charge in [0, 0.05) is 17.7 Å². The highest BCUT2D eigenvalue weighted by Gasteiger charge is 2.28. The summed E-state index contributed by atoms with van der Waals surface area (Å²) >= 11 is 0. The highest BCUT2D eigenvalue weighted by molar-refractivity contribution is 6.12. The zero-order chi connectivity index (χ0) is 23.8. The maximum atomic E-state index is 12.4. The molecule has 1 aromatic heterocycles. The number of carbonyl (C=O) groups excluding carboxylic acids is 3. The van der Waals surface area contributed by atoms with E-state index in [-0.39, 0.29) is 34.0 Å². The van der Waals surface area contributed by atoms with E-state index >= 15 is 0 Å². The van der Waals surface area contributed by atoms with Crippen LogP contribution in [0.15, 0.2) is 34.7 Å². The van der Waals surface area contributed by atoms with E-state index in [4.69, 9.17) is 23.4 Å². The number of Topliss-reactive ketones (excluding diaryl/α,β-unsaturated/α-hetero) is 1. The topological polar surface area (TPSA) is 101 Å². The van der Waals surface area contributed by atoms with Crippen LogP contribution in [0, 0.1) is 0 Å². The predicted octanol–water partition coefficient (Wildman–Crippen LogP) is 6.42. The number of hydrogen-bond acceptors (Lipinski definition) is 8. The molecule has 0 N–H and O–H groups in total. The van der Waals surface area contributed by atoms with Gasteiger partial charge in [-0.15, -0.1) is 0 Å². The predicted molar refractivity (Wildman–Crippen MR) is 117 cm³/mol. The summed E-state index contributed by atoms with van der Waals surface area (Å²) < 4.78 is 27.3. The van der Waals surface area contributed by atoms with Crippen molar-refractivity contribution < 1.29 is 37.7 Å². The van der Waals surface area contributed by atoms with Gasteiger partial charge in [0.2, 0.25) is 0 Å². The fraction of sp³-hybridized carbons (Fsp3) is 0.375. The molecule has 8 heteroatoms. The lowest BCUT2D eigenvalue weighted by Gasteiger charge is -2.20. The fourth-order valence-electron chi connectivity index (χ4n) is 2.97. The molecule has 0 aliphatic carbocycles. The third kappa shape index (κ3) is 5.19. The van der Waals surface area contributed by atoms with Crippen LogP contribution in [0.3, 0.4) is 0 Å². The van der Waals surface area contributed by atoms with Gasteiger partial charge < -0.3 is 23.4 Å². The Bertz CT molecular complexity index is 1120. The summed E-state index contributed by atoms with van der Waals surface area (Å²) in [7, 11) is 0. The van der Waals surface area contributed by atoms with Crippen LogP contribution in [0.4, 0.5) is 9.59 Å². The molecule has 0 amide bonds. The monoisotopic (exact) mass is 442 g/mol. The number of ketones is 1. The number of fused-ring (bicyclic) bond motifs is 2. The minimum absolute atomic E-state index is 0.0124. The number of rotatable bonds is 3. The number of furan rings is 1. The SMILES string of the molecule is CC(=O)c1cc2c(OC(=O)OC(C)(C)C)c3ccccc3c(OC(=O)OC(C)(C)C)c2o1. The second kappa shape index (κ2) is 8.18. The molecule has 1 heterocycles. The van der Waals surface area contributed by atoms with E-state index in [0.29, 0.717) is 10.8 Å². The summed E-state index contributed by atoms with van der Waals surface area (Å²) in [6.45, 7) is 11.6. The smallest absolute Gasteiger partial charge is 0.449 e. The summed E-state index contributed by atoms with van der Waals surface area (Å²) in [6.07, 6.45) is -1.86. The molecule has 3 rings (SSSR count). The lowest BCUT2D eigenvalue weighted by molar-refractivity contribution is 0.0193. The Morgan fingerprint density at radius 2 is 1.22 bits per heavy atom. The van der Waals surface area contributed by atoms with Crippen LogP contribution >= 0.6 is 0 Å². The summed E-state index contributed by atoms with van der Waals surface area (Å²) in [5.74, 6) is -0.165. The molecule has 0 saturated carbocycles. The van der Waals surface area contributed by atoms with E-state index in [9.17, 15) is 14.4 Å². The molecule has 2 aromatic carbocycles. The zero-order valence-corrected chi connectivity index (χ0v) is 19.2. The molecular formula is C24H26O8. The van der Waals surface area contributed by atoms with Crippen molar-refractivity contribution in [3.05, 3.63) is 36.1 Å². The van der Waals surface area contributed by atoms with E-state index in [1.807, 2.05) is 0 Å². The van der Waals surface area contributed by atoms with Gasteiger partial charge >= 0.3 is 12.3 Å². The van der Waals surface area contributed by atoms with Gasteiger partial charge in [0.1, 0.15) is 11.2 Å². The summed E-state index contributed by atoms with van der Waals surface area (Å²) in [5.41, 5.74) is -1.48. The Kier molecular flexibility index (Phi) is 5.91. The molecule has 0 atom stereocenters. The van der Waals surface area contributed by atoms with Crippen molar-refractivity contribution in [2.75, 3.05) is 0 Å². The van der Waals surface area contributed by atoms with Crippen LogP contribution in [0.5, 0.6) is 11.5 Å². The summed E-state index contributed by atoms with van der Waals surface area (Å²) in [4.78, 5) is 36.8. The highest BCUT2D eigenvalue weighted by atomic mass is 16.7. The van der Waals surface area contributed by atoms with Gasteiger partial charge in [-0.2, -0.15) is 0 Å². The van der Waals surface area contributed by atoms with E-state index in [2.05, 4.69) is 0 Å². The maximum Gasteiger partial charge on any atom is 0.514 e. The lowest BCUT2D eigenvalue weighted by atomic mass is 10.1. The molecular weight excluding hydrogens is 416 g/mol. The Balaban J connectivity index is 2.22. The van der Waals surface area contributed by atoms with E-state index < -0.39 is 23.5 Å². The third-order valence-corrected chi connectivity index (χ3v) is 4.10. The summed E-state index contributed by atoms with van der Waals surface area (Å²) in [6, 6.07) is 8.26. The molecule has 0 aliphatic heterocycles. The van der Waals surface area contributed by atoms with Crippen molar-refractivity contribution in [2.24, 2.45) is 0 Å². The molecule has 0 bridgehead atoms. The molecule has 0 aliphatic rings. The third-order valence-electron chi connectivity index (χ3n) is 4.10. The van der Waals surface area contributed by atoms with E-state index in [0.717, 1.165) is 0 Å². The molecule has 0 fully saturated rings. The molecule has 170 valence electrons. The fourth-order valence-corrected chi connectivity index (χ4v) is 2.97. The average Bonchev–Trinajstić information content (AvgIpc) is 3.07. The van der Waals surface area contributed by atoms with Gasteiger partial charge in [-0.05, 0) is 47.6 Å². The van der Waals surface area contributed by atoms with Gasteiger partial charge in [-0.3, -0.25) is 4.79 Å². The number of carbonyl (C=O) groups is 3. The van der Waals surface area contributed by atoms with Crippen LogP contribution in [0.2, 0.25) is 0 Å². The Morgan fingerprint density at radius 3 is 1.69 bits per heavy atom. The molecule has 0 unspecified atom stereocenters. The largest absolute Gasteiger partial charge is 0.514 e. The Labute approximate surface area is 185 Å². The average molecular weight is 442 g/mol. The molecule has 32 heavy (non-hydrogen) atoms. The van der Waals surface area contributed by atoms with Crippen LogP contribution in [0.25, 0.3) is 21.7 Å². The van der Waals surface area contributed by atoms with Crippen molar-refractivity contribution in [1.29, 1.82) is 0 Å². The molecule has 0 spiro atoms. The second-order valence-electron chi connectivity index (χ2n) is 9.25. The lowest BCUT2D eigenvalue weighted by Crippen LogP contribution is -2.26. The van der Waals surface area contributed by atoms with Crippen molar-refractivity contribution in [2.45, 2.75) is 59.7 Å². The highest BCUT2D eigenvalue weighted by Crippen LogP contribution is 2.44. The van der Waals surface area contributed by atoms with Gasteiger partial charge in [0.25, 0.3) is 0 Å². The number of hydrogen-bond donors (Lipinski definition) is 0. The Morgan fingerprint density at radius 1 is 0.750 bits per heavy atom. The molecule has 0 saturated heterocycles. The first-order valence-electron chi connectivity index (χ1n) is 10.1. The van der Waals surface area contributed by atoms with Crippen LogP contribution in [-0.2, 0) is 9.47 Å². The molecule has 8 nitrogen and oxygen atoms in total. The zero-order valence-electron chi connectivity index (χ0n) is 19.2. The van der Waals surface area contributed by atoms with Gasteiger partial charge in [-0.25, -0.2) is 9.59 Å². The standard InChI is InChI=1S/C24H26O8/c1-13(25)17-12-16-18(29-21(26)31-23(2,3)4)14-10-8-9-11-15(14)19(20(16)28-17)30-22(27)32-24(5,6)7/h8-12H,1-7H3. The van der Waals surface area contributed by atoms with Crippen molar-refractivity contribution >= 4 is 39.8 Å². The van der Waals surface area contributed by atoms with Crippen molar-refractivity contribution in [3.63, 3.8) is 0 Å². The van der Waals surface area contributed by atoms with E-state index in [1.165, 1.54) is 13.0 Å². The second-order valence-corrected chi connectivity index (χ2v) is 9.25.